The van der Waals surface area contributed by atoms with Gasteiger partial charge in [0.05, 0.1) is 37.8 Å². The van der Waals surface area contributed by atoms with Crippen LogP contribution in [0.5, 0.6) is 0 Å². The topological polar surface area (TPSA) is 121 Å². The number of nitrogens with two attached hydrogens (primary N) is 1. The SMILES string of the molecule is C.C#CC.CN(C)c1ccc(-c2ccnc(Cl)n2)cc1.CN(C)c1ccc(-c2ccnc(Nc3ccc(N4CCOCC4)cc3)n2)cc1.Nc1ccc(N2CCOCC2)cc1. The summed E-state index contributed by atoms with van der Waals surface area (Å²) in [6.45, 7) is 8.70. The van der Waals surface area contributed by atoms with Crippen molar-refractivity contribution in [1.29, 1.82) is 0 Å². The largest absolute Gasteiger partial charge is 0.399 e. The maximum atomic E-state index is 5.75. The molecule has 12 nitrogen and oxygen atoms in total. The third-order valence-electron chi connectivity index (χ3n) is 9.41. The molecule has 6 aromatic rings. The molecule has 0 radical (unpaired) electrons. The number of hydrogen-bond donors (Lipinski definition) is 2. The lowest BCUT2D eigenvalue weighted by Gasteiger charge is -2.28. The van der Waals surface area contributed by atoms with Gasteiger partial charge in [-0.3, -0.25) is 0 Å². The molecule has 320 valence electrons. The Hall–Kier alpha value is -6.39. The first-order valence-electron chi connectivity index (χ1n) is 19.8. The van der Waals surface area contributed by atoms with Crippen molar-refractivity contribution >= 4 is 51.7 Å². The number of hydrogen-bond acceptors (Lipinski definition) is 12. The molecule has 3 N–H and O–H groups in total. The number of rotatable bonds is 8. The van der Waals surface area contributed by atoms with Gasteiger partial charge in [0.25, 0.3) is 0 Å². The maximum Gasteiger partial charge on any atom is 0.227 e. The van der Waals surface area contributed by atoms with Crippen molar-refractivity contribution in [2.45, 2.75) is 14.4 Å². The van der Waals surface area contributed by atoms with E-state index in [1.54, 1.807) is 19.3 Å². The van der Waals surface area contributed by atoms with Gasteiger partial charge < -0.3 is 40.1 Å². The predicted molar refractivity (Wildman–Crippen MR) is 256 cm³/mol. The number of aromatic nitrogens is 4. The van der Waals surface area contributed by atoms with Gasteiger partial charge in [0.1, 0.15) is 0 Å². The Morgan fingerprint density at radius 1 is 0.623 bits per heavy atom. The number of ether oxygens (including phenoxy) is 2. The molecule has 0 atom stereocenters. The number of nitrogens with zero attached hydrogens (tertiary/aromatic N) is 8. The van der Waals surface area contributed by atoms with Gasteiger partial charge in [0, 0.05) is 112 Å². The van der Waals surface area contributed by atoms with Crippen molar-refractivity contribution in [3.05, 3.63) is 127 Å². The quantitative estimate of drug-likeness (QED) is 0.0865. The van der Waals surface area contributed by atoms with E-state index in [0.717, 1.165) is 97.9 Å². The van der Waals surface area contributed by atoms with E-state index in [2.05, 4.69) is 118 Å². The molecule has 0 unspecified atom stereocenters. The fourth-order valence-corrected chi connectivity index (χ4v) is 6.30. The molecule has 0 aliphatic carbocycles. The Morgan fingerprint density at radius 2 is 1.03 bits per heavy atom. The third-order valence-corrected chi connectivity index (χ3v) is 9.59. The highest BCUT2D eigenvalue weighted by Crippen LogP contribution is 2.25. The van der Waals surface area contributed by atoms with Gasteiger partial charge in [-0.05, 0) is 103 Å². The van der Waals surface area contributed by atoms with Crippen molar-refractivity contribution in [3.63, 3.8) is 0 Å². The zero-order valence-corrected chi connectivity index (χ0v) is 35.9. The van der Waals surface area contributed by atoms with Crippen molar-refractivity contribution in [1.82, 2.24) is 19.9 Å². The van der Waals surface area contributed by atoms with E-state index in [1.165, 1.54) is 11.4 Å². The lowest BCUT2D eigenvalue weighted by molar-refractivity contribution is 0.122. The van der Waals surface area contributed by atoms with Crippen LogP contribution in [0.25, 0.3) is 22.5 Å². The first-order valence-corrected chi connectivity index (χ1v) is 20.1. The zero-order valence-electron chi connectivity index (χ0n) is 35.1. The van der Waals surface area contributed by atoms with E-state index in [4.69, 9.17) is 26.8 Å². The summed E-state index contributed by atoms with van der Waals surface area (Å²) < 4.78 is 10.7. The van der Waals surface area contributed by atoms with E-state index in [-0.39, 0.29) is 12.7 Å². The molecular formula is C48H59ClN10O2. The predicted octanol–water partition coefficient (Wildman–Crippen LogP) is 9.03. The van der Waals surface area contributed by atoms with E-state index < -0.39 is 0 Å². The summed E-state index contributed by atoms with van der Waals surface area (Å²) in [5.74, 6) is 2.84. The van der Waals surface area contributed by atoms with Crippen molar-refractivity contribution in [3.8, 4) is 34.9 Å². The molecule has 13 heteroatoms. The minimum Gasteiger partial charge on any atom is -0.399 e. The number of halogens is 1. The molecule has 0 bridgehead atoms. The molecule has 4 heterocycles. The number of benzene rings is 4. The highest BCUT2D eigenvalue weighted by atomic mass is 35.5. The lowest BCUT2D eigenvalue weighted by Crippen LogP contribution is -2.36. The summed E-state index contributed by atoms with van der Waals surface area (Å²) in [6, 6.07) is 36.6. The van der Waals surface area contributed by atoms with Crippen LogP contribution in [0.2, 0.25) is 5.28 Å². The van der Waals surface area contributed by atoms with E-state index >= 15 is 0 Å². The maximum absolute atomic E-state index is 5.75. The molecular weight excluding hydrogens is 784 g/mol. The average Bonchev–Trinajstić information content (AvgIpc) is 3.28. The average molecular weight is 844 g/mol. The fraction of sp³-hybridized carbons (Fsp3) is 0.292. The second kappa shape index (κ2) is 24.6. The lowest BCUT2D eigenvalue weighted by atomic mass is 10.1. The molecule has 4 aromatic carbocycles. The van der Waals surface area contributed by atoms with Gasteiger partial charge in [0.2, 0.25) is 11.2 Å². The van der Waals surface area contributed by atoms with Crippen LogP contribution in [-0.2, 0) is 9.47 Å². The Morgan fingerprint density at radius 3 is 1.46 bits per heavy atom. The van der Waals surface area contributed by atoms with Crippen LogP contribution >= 0.6 is 11.6 Å². The molecule has 8 rings (SSSR count). The van der Waals surface area contributed by atoms with Crippen LogP contribution in [-0.4, -0.2) is 101 Å². The Labute approximate surface area is 367 Å². The Bertz CT molecular complexity index is 2200. The van der Waals surface area contributed by atoms with Crippen LogP contribution in [0.3, 0.4) is 0 Å². The van der Waals surface area contributed by atoms with Crippen molar-refractivity contribution in [2.75, 3.05) is 111 Å². The van der Waals surface area contributed by atoms with E-state index in [0.29, 0.717) is 5.95 Å². The number of terminal acetylenes is 1. The monoisotopic (exact) mass is 842 g/mol. The van der Waals surface area contributed by atoms with Gasteiger partial charge in [-0.1, -0.05) is 31.7 Å². The van der Waals surface area contributed by atoms with Crippen LogP contribution in [0, 0.1) is 12.3 Å². The van der Waals surface area contributed by atoms with Crippen molar-refractivity contribution < 1.29 is 9.47 Å². The van der Waals surface area contributed by atoms with Gasteiger partial charge in [0.15, 0.2) is 0 Å². The summed E-state index contributed by atoms with van der Waals surface area (Å²) in [6.07, 6.45) is 8.04. The summed E-state index contributed by atoms with van der Waals surface area (Å²) in [7, 11) is 8.09. The summed E-state index contributed by atoms with van der Waals surface area (Å²) in [5.41, 5.74) is 16.0. The molecule has 2 aromatic heterocycles. The summed E-state index contributed by atoms with van der Waals surface area (Å²) in [5, 5.41) is 3.57. The standard InChI is InChI=1S/C22H25N5O.C12H12ClN3.C10H14N2O.C3H4.CH4/c1-26(2)19-7-3-17(4-8-19)21-11-12-23-22(25-21)24-18-5-9-20(10-6-18)27-13-15-28-16-14-27;1-16(2)10-5-3-9(4-6-10)11-7-8-14-12(13)15-11;11-9-1-3-10(4-2-9)12-5-7-13-8-6-12;1-3-2;/h3-12H,13-16H2,1-2H3,(H,23,24,25);3-8H,1-2H3;1-4H,5-8,11H2;1H,2H3;1H4. The zero-order chi connectivity index (χ0) is 42.7. The summed E-state index contributed by atoms with van der Waals surface area (Å²) >= 11 is 5.75. The first kappa shape index (κ1) is 47.3. The second-order valence-corrected chi connectivity index (χ2v) is 14.4. The molecule has 61 heavy (non-hydrogen) atoms. The number of anilines is 7. The smallest absolute Gasteiger partial charge is 0.227 e. The normalized spacial score (nSPS) is 12.9. The molecule has 2 fully saturated rings. The van der Waals surface area contributed by atoms with Crippen LogP contribution in [0.1, 0.15) is 14.4 Å². The van der Waals surface area contributed by atoms with E-state index in [9.17, 15) is 0 Å². The highest BCUT2D eigenvalue weighted by Gasteiger charge is 2.12. The highest BCUT2D eigenvalue weighted by molar-refractivity contribution is 6.28. The number of morpholine rings is 2. The van der Waals surface area contributed by atoms with Crippen LogP contribution in [0.15, 0.2) is 122 Å². The van der Waals surface area contributed by atoms with Gasteiger partial charge in [-0.25, -0.2) is 19.9 Å². The van der Waals surface area contributed by atoms with Crippen molar-refractivity contribution in [2.24, 2.45) is 0 Å². The number of nitrogens with one attached hydrogen (secondary N) is 1. The minimum absolute atomic E-state index is 0. The molecule has 2 aliphatic heterocycles. The third kappa shape index (κ3) is 15.0. The molecule has 0 amide bonds. The molecule has 0 spiro atoms. The molecule has 2 saturated heterocycles. The first-order chi connectivity index (χ1) is 29.1. The fourth-order valence-electron chi connectivity index (χ4n) is 6.15. The molecule has 0 saturated carbocycles. The van der Waals surface area contributed by atoms with Gasteiger partial charge >= 0.3 is 0 Å². The van der Waals surface area contributed by atoms with E-state index in [1.807, 2.05) is 76.7 Å². The van der Waals surface area contributed by atoms with Gasteiger partial charge in [-0.2, -0.15) is 0 Å². The Balaban J connectivity index is 0.000000210. The number of nitrogen functional groups attached to an aromatic ring is 1. The minimum atomic E-state index is 0. The second-order valence-electron chi connectivity index (χ2n) is 14.1. The summed E-state index contributed by atoms with van der Waals surface area (Å²) in [4.78, 5) is 25.8. The van der Waals surface area contributed by atoms with Gasteiger partial charge in [-0.15, -0.1) is 12.3 Å². The molecule has 2 aliphatic rings. The van der Waals surface area contributed by atoms with Crippen LogP contribution < -0.4 is 30.7 Å². The Kier molecular flexibility index (Phi) is 19.1. The van der Waals surface area contributed by atoms with Crippen LogP contribution in [0.4, 0.5) is 40.1 Å².